The van der Waals surface area contributed by atoms with Crippen molar-refractivity contribution in [3.05, 3.63) is 36.5 Å². The van der Waals surface area contributed by atoms with Gasteiger partial charge in [0, 0.05) is 0 Å². The molecule has 0 spiro atoms. The number of hydrogen-bond acceptors (Lipinski definition) is 0. The summed E-state index contributed by atoms with van der Waals surface area (Å²) in [6.45, 7) is 6.85. The van der Waals surface area contributed by atoms with Crippen LogP contribution in [0, 0.1) is 5.92 Å². The second-order valence-corrected chi connectivity index (χ2v) is 7.79. The lowest BCUT2D eigenvalue weighted by Gasteiger charge is -2.03. The predicted octanol–water partition coefficient (Wildman–Crippen LogP) is 9.18. The molecule has 0 heterocycles. The Morgan fingerprint density at radius 3 is 1.44 bits per heavy atom. The summed E-state index contributed by atoms with van der Waals surface area (Å²) < 4.78 is 0. The molecular weight excluding hydrogens is 300 g/mol. The van der Waals surface area contributed by atoms with Crippen molar-refractivity contribution >= 4 is 0 Å². The maximum Gasteiger partial charge on any atom is -0.0169 e. The van der Waals surface area contributed by atoms with Crippen molar-refractivity contribution in [1.82, 2.24) is 0 Å². The zero-order valence-electron chi connectivity index (χ0n) is 17.6. The molecule has 0 N–H and O–H groups in total. The lowest BCUT2D eigenvalue weighted by atomic mass is 10.0. The van der Waals surface area contributed by atoms with Crippen LogP contribution in [0.2, 0.25) is 0 Å². The average Bonchev–Trinajstić information content (AvgIpc) is 2.60. The van der Waals surface area contributed by atoms with Crippen LogP contribution in [0.1, 0.15) is 117 Å². The van der Waals surface area contributed by atoms with Gasteiger partial charge in [-0.3, -0.25) is 0 Å². The fourth-order valence-electron chi connectivity index (χ4n) is 3.01. The molecule has 25 heavy (non-hydrogen) atoms. The Hall–Kier alpha value is -0.780. The Bertz CT molecular complexity index is 319. The maximum atomic E-state index is 2.38. The molecule has 0 fully saturated rings. The van der Waals surface area contributed by atoms with Crippen LogP contribution in [0.15, 0.2) is 36.5 Å². The first-order valence-corrected chi connectivity index (χ1v) is 11.2. The van der Waals surface area contributed by atoms with Crippen molar-refractivity contribution in [2.75, 3.05) is 0 Å². The maximum absolute atomic E-state index is 2.38. The number of allylic oxidation sites excluding steroid dienone is 6. The third-order valence-electron chi connectivity index (χ3n) is 4.65. The lowest BCUT2D eigenvalue weighted by molar-refractivity contribution is 0.521. The van der Waals surface area contributed by atoms with Crippen molar-refractivity contribution in [2.24, 2.45) is 5.92 Å². The Kier molecular flexibility index (Phi) is 20.6. The monoisotopic (exact) mass is 346 g/mol. The van der Waals surface area contributed by atoms with Crippen LogP contribution >= 0.6 is 0 Å². The van der Waals surface area contributed by atoms with Gasteiger partial charge in [-0.1, -0.05) is 102 Å². The van der Waals surface area contributed by atoms with Crippen molar-refractivity contribution in [2.45, 2.75) is 117 Å². The first-order chi connectivity index (χ1) is 12.3. The fraction of sp³-hybridized carbons (Fsp3) is 0.760. The van der Waals surface area contributed by atoms with Gasteiger partial charge in [-0.2, -0.15) is 0 Å². The third-order valence-corrected chi connectivity index (χ3v) is 4.65. The van der Waals surface area contributed by atoms with Crippen LogP contribution in [-0.2, 0) is 0 Å². The van der Waals surface area contributed by atoms with Gasteiger partial charge in [0.15, 0.2) is 0 Å². The number of hydrogen-bond donors (Lipinski definition) is 0. The summed E-state index contributed by atoms with van der Waals surface area (Å²) in [5, 5.41) is 0. The van der Waals surface area contributed by atoms with E-state index in [0.29, 0.717) is 0 Å². The van der Waals surface area contributed by atoms with Crippen molar-refractivity contribution < 1.29 is 0 Å². The minimum Gasteiger partial charge on any atom is -0.0888 e. The van der Waals surface area contributed by atoms with E-state index in [9.17, 15) is 0 Å². The molecule has 0 saturated carbocycles. The second-order valence-electron chi connectivity index (χ2n) is 7.79. The first-order valence-electron chi connectivity index (χ1n) is 11.2. The minimum absolute atomic E-state index is 0.875. The van der Waals surface area contributed by atoms with Crippen LogP contribution in [0.4, 0.5) is 0 Å². The highest BCUT2D eigenvalue weighted by Crippen LogP contribution is 2.11. The second kappa shape index (κ2) is 21.3. The summed E-state index contributed by atoms with van der Waals surface area (Å²) in [5.41, 5.74) is 0. The molecule has 0 radical (unpaired) electrons. The van der Waals surface area contributed by atoms with Crippen LogP contribution in [0.5, 0.6) is 0 Å². The zero-order chi connectivity index (χ0) is 18.4. The van der Waals surface area contributed by atoms with Gasteiger partial charge in [-0.05, 0) is 57.3 Å². The third kappa shape index (κ3) is 23.2. The molecule has 0 aromatic heterocycles. The summed E-state index contributed by atoms with van der Waals surface area (Å²) in [7, 11) is 0. The number of unbranched alkanes of at least 4 members (excludes halogenated alkanes) is 10. The summed E-state index contributed by atoms with van der Waals surface area (Å²) >= 11 is 0. The Labute approximate surface area is 159 Å². The van der Waals surface area contributed by atoms with E-state index in [-0.39, 0.29) is 0 Å². The summed E-state index contributed by atoms with van der Waals surface area (Å²) in [4.78, 5) is 0. The highest BCUT2D eigenvalue weighted by molar-refractivity contribution is 4.92. The summed E-state index contributed by atoms with van der Waals surface area (Å²) in [5.74, 6) is 0.875. The van der Waals surface area contributed by atoms with Crippen molar-refractivity contribution in [1.29, 1.82) is 0 Å². The van der Waals surface area contributed by atoms with Gasteiger partial charge < -0.3 is 0 Å². The van der Waals surface area contributed by atoms with E-state index < -0.39 is 0 Å². The van der Waals surface area contributed by atoms with E-state index in [1.165, 1.54) is 89.9 Å². The molecule has 146 valence electrons. The molecule has 0 bridgehead atoms. The Morgan fingerprint density at radius 2 is 0.960 bits per heavy atom. The topological polar surface area (TPSA) is 0 Å². The highest BCUT2D eigenvalue weighted by atomic mass is 14.0. The SMILES string of the molecule is CC/C=C\CCCCCCC/C=C\C/C=C\CCCCCCC(C)C. The van der Waals surface area contributed by atoms with E-state index in [0.717, 1.165) is 12.3 Å². The quantitative estimate of drug-likeness (QED) is 0.171. The van der Waals surface area contributed by atoms with Crippen LogP contribution in [0.25, 0.3) is 0 Å². The molecule has 0 heteroatoms. The average molecular weight is 347 g/mol. The largest absolute Gasteiger partial charge is 0.0888 e. The summed E-state index contributed by atoms with van der Waals surface area (Å²) in [6, 6.07) is 0. The minimum atomic E-state index is 0.875. The number of rotatable bonds is 18. The van der Waals surface area contributed by atoms with E-state index in [2.05, 4.69) is 57.2 Å². The van der Waals surface area contributed by atoms with Crippen LogP contribution < -0.4 is 0 Å². The lowest BCUT2D eigenvalue weighted by Crippen LogP contribution is -1.86. The molecule has 0 saturated heterocycles. The van der Waals surface area contributed by atoms with Crippen LogP contribution in [0.3, 0.4) is 0 Å². The molecule has 0 aromatic carbocycles. The summed E-state index contributed by atoms with van der Waals surface area (Å²) in [6.07, 6.45) is 34.1. The molecular formula is C25H46. The molecule has 0 aliphatic rings. The molecule has 0 atom stereocenters. The highest BCUT2D eigenvalue weighted by Gasteiger charge is 1.93. The molecule has 0 aliphatic carbocycles. The first kappa shape index (κ1) is 24.2. The fourth-order valence-corrected chi connectivity index (χ4v) is 3.01. The molecule has 0 aromatic rings. The molecule has 0 unspecified atom stereocenters. The molecule has 0 nitrogen and oxygen atoms in total. The van der Waals surface area contributed by atoms with E-state index in [1.54, 1.807) is 0 Å². The van der Waals surface area contributed by atoms with Crippen molar-refractivity contribution in [3.63, 3.8) is 0 Å². The van der Waals surface area contributed by atoms with Crippen molar-refractivity contribution in [3.8, 4) is 0 Å². The van der Waals surface area contributed by atoms with Gasteiger partial charge in [-0.15, -0.1) is 0 Å². The van der Waals surface area contributed by atoms with Gasteiger partial charge in [-0.25, -0.2) is 0 Å². The van der Waals surface area contributed by atoms with E-state index in [1.807, 2.05) is 0 Å². The predicted molar refractivity (Wildman–Crippen MR) is 117 cm³/mol. The van der Waals surface area contributed by atoms with E-state index >= 15 is 0 Å². The standard InChI is InChI=1S/C25H46/c1-4-5-6-7-8-9-10-11-12-13-14-15-16-17-18-19-20-21-22-23-24-25(2)3/h5-6,14-15,17-18,25H,4,7-13,16,19-24H2,1-3H3/b6-5-,15-14-,18-17-. The Morgan fingerprint density at radius 1 is 0.520 bits per heavy atom. The van der Waals surface area contributed by atoms with E-state index in [4.69, 9.17) is 0 Å². The molecule has 0 rings (SSSR count). The molecule has 0 aliphatic heterocycles. The molecule has 0 amide bonds. The van der Waals surface area contributed by atoms with Gasteiger partial charge in [0.25, 0.3) is 0 Å². The van der Waals surface area contributed by atoms with Gasteiger partial charge in [0.05, 0.1) is 0 Å². The normalized spacial score (nSPS) is 12.5. The zero-order valence-corrected chi connectivity index (χ0v) is 17.6. The Balaban J connectivity index is 3.20. The van der Waals surface area contributed by atoms with Gasteiger partial charge in [0.2, 0.25) is 0 Å². The van der Waals surface area contributed by atoms with Crippen LogP contribution in [-0.4, -0.2) is 0 Å². The van der Waals surface area contributed by atoms with Gasteiger partial charge >= 0.3 is 0 Å². The van der Waals surface area contributed by atoms with Gasteiger partial charge in [0.1, 0.15) is 0 Å². The smallest absolute Gasteiger partial charge is 0.0169 e.